The maximum Gasteiger partial charge on any atom is 0.0755 e. The van der Waals surface area contributed by atoms with E-state index in [0.29, 0.717) is 12.1 Å². The van der Waals surface area contributed by atoms with Crippen LogP contribution in [-0.2, 0) is 4.74 Å². The summed E-state index contributed by atoms with van der Waals surface area (Å²) in [6.45, 7) is 7.95. The topological polar surface area (TPSA) is 21.3 Å². The number of hydrogen-bond acceptors (Lipinski definition) is 2. The second-order valence-electron chi connectivity index (χ2n) is 5.09. The zero-order chi connectivity index (χ0) is 12.0. The van der Waals surface area contributed by atoms with Crippen LogP contribution >= 0.6 is 0 Å². The SMILES string of the molecule is CCCNC(C(CC)CC)C(OC)C1CC1. The van der Waals surface area contributed by atoms with Crippen LogP contribution in [0, 0.1) is 11.8 Å². The first-order valence-electron chi connectivity index (χ1n) is 7.04. The smallest absolute Gasteiger partial charge is 0.0755 e. The summed E-state index contributed by atoms with van der Waals surface area (Å²) in [5.74, 6) is 1.58. The molecule has 1 rings (SSSR count). The Kier molecular flexibility index (Phi) is 6.37. The molecule has 2 atom stereocenters. The molecule has 0 heterocycles. The minimum atomic E-state index is 0.441. The molecule has 1 aliphatic carbocycles. The molecule has 1 saturated carbocycles. The first-order valence-corrected chi connectivity index (χ1v) is 7.04. The molecular weight excluding hydrogens is 198 g/mol. The third-order valence-corrected chi connectivity index (χ3v) is 3.90. The van der Waals surface area contributed by atoms with Crippen LogP contribution in [-0.4, -0.2) is 25.8 Å². The van der Waals surface area contributed by atoms with E-state index in [1.807, 2.05) is 7.11 Å². The van der Waals surface area contributed by atoms with Crippen molar-refractivity contribution in [2.45, 2.75) is 65.0 Å². The van der Waals surface area contributed by atoms with Crippen LogP contribution < -0.4 is 5.32 Å². The predicted molar refractivity (Wildman–Crippen MR) is 69.7 cm³/mol. The maximum atomic E-state index is 5.76. The summed E-state index contributed by atoms with van der Waals surface area (Å²) in [5.41, 5.74) is 0. The Labute approximate surface area is 101 Å². The van der Waals surface area contributed by atoms with E-state index in [4.69, 9.17) is 4.74 Å². The van der Waals surface area contributed by atoms with E-state index >= 15 is 0 Å². The largest absolute Gasteiger partial charge is 0.380 e. The van der Waals surface area contributed by atoms with Gasteiger partial charge >= 0.3 is 0 Å². The highest BCUT2D eigenvalue weighted by Crippen LogP contribution is 2.37. The molecule has 2 unspecified atom stereocenters. The molecule has 0 bridgehead atoms. The number of hydrogen-bond donors (Lipinski definition) is 1. The van der Waals surface area contributed by atoms with Crippen LogP contribution in [0.4, 0.5) is 0 Å². The van der Waals surface area contributed by atoms with Crippen LogP contribution in [0.3, 0.4) is 0 Å². The fraction of sp³-hybridized carbons (Fsp3) is 1.00. The van der Waals surface area contributed by atoms with E-state index in [0.717, 1.165) is 18.4 Å². The number of methoxy groups -OCH3 is 1. The van der Waals surface area contributed by atoms with E-state index in [-0.39, 0.29) is 0 Å². The number of nitrogens with one attached hydrogen (secondary N) is 1. The molecule has 1 aliphatic rings. The van der Waals surface area contributed by atoms with Crippen molar-refractivity contribution in [1.82, 2.24) is 5.32 Å². The van der Waals surface area contributed by atoms with Gasteiger partial charge in [0.1, 0.15) is 0 Å². The van der Waals surface area contributed by atoms with Gasteiger partial charge in [-0.2, -0.15) is 0 Å². The first kappa shape index (κ1) is 14.0. The van der Waals surface area contributed by atoms with Gasteiger partial charge < -0.3 is 10.1 Å². The van der Waals surface area contributed by atoms with Crippen LogP contribution in [0.5, 0.6) is 0 Å². The normalized spacial score (nSPS) is 20.1. The average molecular weight is 227 g/mol. The molecule has 0 aliphatic heterocycles. The van der Waals surface area contributed by atoms with Gasteiger partial charge in [0.2, 0.25) is 0 Å². The van der Waals surface area contributed by atoms with Crippen LogP contribution in [0.25, 0.3) is 0 Å². The molecule has 16 heavy (non-hydrogen) atoms. The average Bonchev–Trinajstić information content (AvgIpc) is 3.12. The van der Waals surface area contributed by atoms with Crippen LogP contribution in [0.15, 0.2) is 0 Å². The first-order chi connectivity index (χ1) is 7.78. The van der Waals surface area contributed by atoms with E-state index < -0.39 is 0 Å². The van der Waals surface area contributed by atoms with Crippen molar-refractivity contribution >= 4 is 0 Å². The van der Waals surface area contributed by atoms with Crippen molar-refractivity contribution in [2.24, 2.45) is 11.8 Å². The lowest BCUT2D eigenvalue weighted by atomic mass is 9.88. The van der Waals surface area contributed by atoms with E-state index in [9.17, 15) is 0 Å². The fourth-order valence-corrected chi connectivity index (χ4v) is 2.72. The Morgan fingerprint density at radius 1 is 1.19 bits per heavy atom. The monoisotopic (exact) mass is 227 g/mol. The summed E-state index contributed by atoms with van der Waals surface area (Å²) in [6, 6.07) is 0.562. The molecule has 2 heteroatoms. The van der Waals surface area contributed by atoms with Gasteiger partial charge in [-0.25, -0.2) is 0 Å². The number of rotatable bonds is 9. The summed E-state index contributed by atoms with van der Waals surface area (Å²) in [6.07, 6.45) is 6.88. The third-order valence-electron chi connectivity index (χ3n) is 3.90. The Hall–Kier alpha value is -0.0800. The quantitative estimate of drug-likeness (QED) is 0.653. The highest BCUT2D eigenvalue weighted by Gasteiger charge is 2.38. The molecule has 2 nitrogen and oxygen atoms in total. The molecular formula is C14H29NO. The van der Waals surface area contributed by atoms with Crippen molar-refractivity contribution in [3.63, 3.8) is 0 Å². The molecule has 96 valence electrons. The second-order valence-corrected chi connectivity index (χ2v) is 5.09. The molecule has 0 saturated heterocycles. The van der Waals surface area contributed by atoms with Crippen molar-refractivity contribution < 1.29 is 4.74 Å². The van der Waals surface area contributed by atoms with Gasteiger partial charge in [-0.1, -0.05) is 33.6 Å². The van der Waals surface area contributed by atoms with Crippen molar-refractivity contribution in [3.8, 4) is 0 Å². The Balaban J connectivity index is 2.58. The van der Waals surface area contributed by atoms with Gasteiger partial charge in [-0.15, -0.1) is 0 Å². The van der Waals surface area contributed by atoms with Crippen molar-refractivity contribution in [1.29, 1.82) is 0 Å². The Bertz CT molecular complexity index is 176. The van der Waals surface area contributed by atoms with E-state index in [1.165, 1.54) is 32.1 Å². The Morgan fingerprint density at radius 3 is 2.19 bits per heavy atom. The zero-order valence-corrected chi connectivity index (χ0v) is 11.5. The fourth-order valence-electron chi connectivity index (χ4n) is 2.72. The minimum Gasteiger partial charge on any atom is -0.380 e. The third kappa shape index (κ3) is 3.74. The molecule has 0 amide bonds. The lowest BCUT2D eigenvalue weighted by molar-refractivity contribution is 0.0295. The summed E-state index contributed by atoms with van der Waals surface area (Å²) in [5, 5.41) is 3.72. The van der Waals surface area contributed by atoms with Gasteiger partial charge in [0, 0.05) is 13.2 Å². The predicted octanol–water partition coefficient (Wildman–Crippen LogP) is 3.22. The molecule has 0 spiro atoms. The van der Waals surface area contributed by atoms with Gasteiger partial charge in [-0.3, -0.25) is 0 Å². The standard InChI is InChI=1S/C14H29NO/c1-5-10-15-13(11(6-2)7-3)14(16-4)12-8-9-12/h11-15H,5-10H2,1-4H3. The molecule has 0 aromatic heterocycles. The molecule has 0 radical (unpaired) electrons. The molecule has 0 aromatic rings. The van der Waals surface area contributed by atoms with Gasteiger partial charge in [-0.05, 0) is 37.6 Å². The van der Waals surface area contributed by atoms with Crippen molar-refractivity contribution in [3.05, 3.63) is 0 Å². The number of ether oxygens (including phenoxy) is 1. The minimum absolute atomic E-state index is 0.441. The van der Waals surface area contributed by atoms with Gasteiger partial charge in [0.25, 0.3) is 0 Å². The van der Waals surface area contributed by atoms with E-state index in [1.54, 1.807) is 0 Å². The Morgan fingerprint density at radius 2 is 1.81 bits per heavy atom. The lowest BCUT2D eigenvalue weighted by Gasteiger charge is -2.33. The molecule has 0 aromatic carbocycles. The molecule has 1 N–H and O–H groups in total. The maximum absolute atomic E-state index is 5.76. The lowest BCUT2D eigenvalue weighted by Crippen LogP contribution is -2.47. The van der Waals surface area contributed by atoms with E-state index in [2.05, 4.69) is 26.1 Å². The van der Waals surface area contributed by atoms with Gasteiger partial charge in [0.15, 0.2) is 0 Å². The highest BCUT2D eigenvalue weighted by molar-refractivity contribution is 4.92. The van der Waals surface area contributed by atoms with Crippen LogP contribution in [0.1, 0.15) is 52.9 Å². The van der Waals surface area contributed by atoms with Crippen LogP contribution in [0.2, 0.25) is 0 Å². The summed E-state index contributed by atoms with van der Waals surface area (Å²) in [4.78, 5) is 0. The second kappa shape index (κ2) is 7.29. The summed E-state index contributed by atoms with van der Waals surface area (Å²) < 4.78 is 5.76. The zero-order valence-electron chi connectivity index (χ0n) is 11.5. The van der Waals surface area contributed by atoms with Crippen molar-refractivity contribution in [2.75, 3.05) is 13.7 Å². The summed E-state index contributed by atoms with van der Waals surface area (Å²) in [7, 11) is 1.88. The highest BCUT2D eigenvalue weighted by atomic mass is 16.5. The summed E-state index contributed by atoms with van der Waals surface area (Å²) >= 11 is 0. The molecule has 1 fully saturated rings. The van der Waals surface area contributed by atoms with Gasteiger partial charge in [0.05, 0.1) is 6.10 Å².